The molecule has 20 heavy (non-hydrogen) atoms. The van der Waals surface area contributed by atoms with Gasteiger partial charge in [-0.2, -0.15) is 0 Å². The Hall–Kier alpha value is -2.36. The maximum atomic E-state index is 12.4. The first-order valence-electron chi connectivity index (χ1n) is 6.72. The molecule has 0 saturated carbocycles. The molecule has 0 radical (unpaired) electrons. The van der Waals surface area contributed by atoms with Crippen LogP contribution in [-0.2, 0) is 7.05 Å². The average molecular weight is 267 g/mol. The Morgan fingerprint density at radius 2 is 1.75 bits per heavy atom. The molecule has 0 aliphatic heterocycles. The molecule has 0 fully saturated rings. The molecule has 2 heterocycles. The molecule has 0 atom stereocenters. The highest BCUT2D eigenvalue weighted by Crippen LogP contribution is 2.18. The van der Waals surface area contributed by atoms with Crippen molar-refractivity contribution in [2.75, 3.05) is 0 Å². The lowest BCUT2D eigenvalue weighted by Crippen LogP contribution is -2.21. The number of aryl methyl sites for hydroxylation is 1. The first kappa shape index (κ1) is 12.7. The summed E-state index contributed by atoms with van der Waals surface area (Å²) in [5, 5.41) is 0. The van der Waals surface area contributed by atoms with Crippen molar-refractivity contribution in [3.63, 3.8) is 0 Å². The number of fused-ring (bicyclic) bond motifs is 1. The maximum Gasteiger partial charge on any atom is 0.333 e. The van der Waals surface area contributed by atoms with E-state index in [-0.39, 0.29) is 5.69 Å². The van der Waals surface area contributed by atoms with E-state index in [4.69, 9.17) is 0 Å². The van der Waals surface area contributed by atoms with E-state index < -0.39 is 0 Å². The number of para-hydroxylation sites is 2. The average Bonchev–Trinajstić information content (AvgIpc) is 2.72. The van der Waals surface area contributed by atoms with Crippen LogP contribution in [0.4, 0.5) is 0 Å². The highest BCUT2D eigenvalue weighted by molar-refractivity contribution is 5.77. The van der Waals surface area contributed by atoms with E-state index in [2.05, 4.69) is 18.8 Å². The molecule has 0 unspecified atom stereocenters. The molecule has 3 rings (SSSR count). The topological polar surface area (TPSA) is 39.8 Å². The predicted molar refractivity (Wildman–Crippen MR) is 80.4 cm³/mol. The Labute approximate surface area is 117 Å². The van der Waals surface area contributed by atoms with Crippen molar-refractivity contribution in [2.45, 2.75) is 19.8 Å². The SMILES string of the molecule is CC(C)c1ccc(-n2c(=O)n(C)c3ccccc32)cn1. The molecule has 0 spiro atoms. The minimum atomic E-state index is -0.0507. The first-order valence-corrected chi connectivity index (χ1v) is 6.72. The largest absolute Gasteiger partial charge is 0.333 e. The van der Waals surface area contributed by atoms with Crippen LogP contribution in [0.25, 0.3) is 16.7 Å². The van der Waals surface area contributed by atoms with Crippen LogP contribution in [-0.4, -0.2) is 14.1 Å². The van der Waals surface area contributed by atoms with Gasteiger partial charge >= 0.3 is 5.69 Å². The van der Waals surface area contributed by atoms with Crippen LogP contribution in [0.15, 0.2) is 47.4 Å². The molecule has 4 heteroatoms. The van der Waals surface area contributed by atoms with Gasteiger partial charge in [-0.05, 0) is 30.2 Å². The second-order valence-electron chi connectivity index (χ2n) is 5.26. The first-order chi connectivity index (χ1) is 9.59. The second kappa shape index (κ2) is 4.63. The van der Waals surface area contributed by atoms with Crippen LogP contribution in [0, 0.1) is 0 Å². The maximum absolute atomic E-state index is 12.4. The van der Waals surface area contributed by atoms with E-state index in [9.17, 15) is 4.79 Å². The summed E-state index contributed by atoms with van der Waals surface area (Å²) in [6.45, 7) is 4.21. The molecule has 0 bridgehead atoms. The Morgan fingerprint density at radius 1 is 1.05 bits per heavy atom. The van der Waals surface area contributed by atoms with Gasteiger partial charge in [0.1, 0.15) is 0 Å². The summed E-state index contributed by atoms with van der Waals surface area (Å²) in [6.07, 6.45) is 1.77. The van der Waals surface area contributed by atoms with E-state index in [1.807, 2.05) is 36.4 Å². The molecule has 0 N–H and O–H groups in total. The zero-order valence-corrected chi connectivity index (χ0v) is 11.9. The van der Waals surface area contributed by atoms with E-state index in [0.717, 1.165) is 22.4 Å². The van der Waals surface area contributed by atoms with E-state index in [1.165, 1.54) is 0 Å². The molecule has 0 amide bonds. The van der Waals surface area contributed by atoms with Crippen LogP contribution in [0.1, 0.15) is 25.5 Å². The number of nitrogens with zero attached hydrogens (tertiary/aromatic N) is 3. The van der Waals surface area contributed by atoms with Gasteiger partial charge in [0.25, 0.3) is 0 Å². The van der Waals surface area contributed by atoms with Gasteiger partial charge in [-0.1, -0.05) is 26.0 Å². The van der Waals surface area contributed by atoms with Crippen molar-refractivity contribution in [1.29, 1.82) is 0 Å². The van der Waals surface area contributed by atoms with Crippen LogP contribution >= 0.6 is 0 Å². The predicted octanol–water partition coefficient (Wildman–Crippen LogP) is 2.85. The third-order valence-corrected chi connectivity index (χ3v) is 3.58. The number of rotatable bonds is 2. The molecular formula is C16H17N3O. The van der Waals surface area contributed by atoms with Gasteiger partial charge in [0.05, 0.1) is 22.9 Å². The minimum Gasteiger partial charge on any atom is -0.295 e. The molecule has 4 nitrogen and oxygen atoms in total. The molecule has 3 aromatic rings. The highest BCUT2D eigenvalue weighted by Gasteiger charge is 2.12. The highest BCUT2D eigenvalue weighted by atomic mass is 16.1. The summed E-state index contributed by atoms with van der Waals surface area (Å²) >= 11 is 0. The lowest BCUT2D eigenvalue weighted by molar-refractivity contribution is 0.812. The van der Waals surface area contributed by atoms with Gasteiger partial charge < -0.3 is 0 Å². The van der Waals surface area contributed by atoms with Gasteiger partial charge in [-0.3, -0.25) is 14.1 Å². The van der Waals surface area contributed by atoms with Gasteiger partial charge in [0, 0.05) is 12.7 Å². The lowest BCUT2D eigenvalue weighted by atomic mass is 10.1. The Kier molecular flexibility index (Phi) is 2.93. The van der Waals surface area contributed by atoms with Crippen molar-refractivity contribution < 1.29 is 0 Å². The van der Waals surface area contributed by atoms with Gasteiger partial charge in [-0.25, -0.2) is 4.79 Å². The van der Waals surface area contributed by atoms with Gasteiger partial charge in [0.15, 0.2) is 0 Å². The fraction of sp³-hybridized carbons (Fsp3) is 0.250. The quantitative estimate of drug-likeness (QED) is 0.716. The molecule has 0 aliphatic carbocycles. The summed E-state index contributed by atoms with van der Waals surface area (Å²) in [4.78, 5) is 16.8. The monoisotopic (exact) mass is 267 g/mol. The molecule has 102 valence electrons. The third kappa shape index (κ3) is 1.84. The number of pyridine rings is 1. The molecular weight excluding hydrogens is 250 g/mol. The van der Waals surface area contributed by atoms with Crippen molar-refractivity contribution >= 4 is 11.0 Å². The summed E-state index contributed by atoms with van der Waals surface area (Å²) in [5.74, 6) is 0.383. The van der Waals surface area contributed by atoms with Crippen LogP contribution in [0.2, 0.25) is 0 Å². The fourth-order valence-corrected chi connectivity index (χ4v) is 2.41. The number of hydrogen-bond donors (Lipinski definition) is 0. The molecule has 0 saturated heterocycles. The normalized spacial score (nSPS) is 11.4. The number of benzene rings is 1. The van der Waals surface area contributed by atoms with Crippen molar-refractivity contribution in [2.24, 2.45) is 7.05 Å². The lowest BCUT2D eigenvalue weighted by Gasteiger charge is -2.06. The molecule has 2 aromatic heterocycles. The Balaban J connectivity index is 2.24. The zero-order chi connectivity index (χ0) is 14.3. The fourth-order valence-electron chi connectivity index (χ4n) is 2.41. The van der Waals surface area contributed by atoms with Crippen LogP contribution in [0.3, 0.4) is 0 Å². The standard InChI is InChI=1S/C16H17N3O/c1-11(2)13-9-8-12(10-17-13)19-15-7-5-4-6-14(15)18(3)16(19)20/h4-11H,1-3H3. The van der Waals surface area contributed by atoms with Crippen molar-refractivity contribution in [3.8, 4) is 5.69 Å². The summed E-state index contributed by atoms with van der Waals surface area (Å²) < 4.78 is 3.36. The minimum absolute atomic E-state index is 0.0507. The Morgan fingerprint density at radius 3 is 2.35 bits per heavy atom. The number of aromatic nitrogens is 3. The van der Waals surface area contributed by atoms with E-state index in [0.29, 0.717) is 5.92 Å². The smallest absolute Gasteiger partial charge is 0.295 e. The van der Waals surface area contributed by atoms with Crippen LogP contribution in [0.5, 0.6) is 0 Å². The van der Waals surface area contributed by atoms with E-state index >= 15 is 0 Å². The molecule has 1 aromatic carbocycles. The number of imidazole rings is 1. The van der Waals surface area contributed by atoms with Crippen LogP contribution < -0.4 is 5.69 Å². The second-order valence-corrected chi connectivity index (χ2v) is 5.26. The molecule has 0 aliphatic rings. The summed E-state index contributed by atoms with van der Waals surface area (Å²) in [7, 11) is 1.79. The van der Waals surface area contributed by atoms with E-state index in [1.54, 1.807) is 22.4 Å². The van der Waals surface area contributed by atoms with Gasteiger partial charge in [0.2, 0.25) is 0 Å². The van der Waals surface area contributed by atoms with Crippen molar-refractivity contribution in [1.82, 2.24) is 14.1 Å². The zero-order valence-electron chi connectivity index (χ0n) is 11.9. The Bertz CT molecular complexity index is 810. The van der Waals surface area contributed by atoms with Crippen molar-refractivity contribution in [3.05, 3.63) is 58.8 Å². The summed E-state index contributed by atoms with van der Waals surface area (Å²) in [6, 6.07) is 11.7. The summed E-state index contributed by atoms with van der Waals surface area (Å²) in [5.41, 5.74) is 3.60. The number of hydrogen-bond acceptors (Lipinski definition) is 2. The van der Waals surface area contributed by atoms with Gasteiger partial charge in [-0.15, -0.1) is 0 Å². The third-order valence-electron chi connectivity index (χ3n) is 3.58.